The number of carbonyl (C=O) groups is 3. The van der Waals surface area contributed by atoms with Gasteiger partial charge in [-0.1, -0.05) is 0 Å². The van der Waals surface area contributed by atoms with Gasteiger partial charge in [0.1, 0.15) is 94.2 Å². The topological polar surface area (TPSA) is 257 Å². The summed E-state index contributed by atoms with van der Waals surface area (Å²) >= 11 is 0. The third-order valence-corrected chi connectivity index (χ3v) is 7.28. The summed E-state index contributed by atoms with van der Waals surface area (Å²) in [6, 6.07) is -0.881. The molecule has 0 atom stereocenters. The van der Waals surface area contributed by atoms with Crippen molar-refractivity contribution in [2.45, 2.75) is 0 Å². The molecule has 0 aliphatic carbocycles. The number of hydrogen-bond acceptors (Lipinski definition) is 23. The molecule has 1 saturated heterocycles. The van der Waals surface area contributed by atoms with Crippen LogP contribution in [-0.4, -0.2) is 265 Å². The summed E-state index contributed by atoms with van der Waals surface area (Å²) in [4.78, 5) is 61.6. The van der Waals surface area contributed by atoms with Crippen molar-refractivity contribution in [2.24, 2.45) is 0 Å². The number of aromatic nitrogens is 3. The quantitative estimate of drug-likeness (QED) is 0.102. The Morgan fingerprint density at radius 1 is 0.446 bits per heavy atom. The van der Waals surface area contributed by atoms with E-state index in [1.54, 1.807) is 71.6 Å². The van der Waals surface area contributed by atoms with E-state index >= 15 is 0 Å². The highest BCUT2D eigenvalue weighted by atomic mass is 16.5. The number of anilines is 3. The number of rotatable bonds is 29. The van der Waals surface area contributed by atoms with E-state index in [9.17, 15) is 14.4 Å². The lowest BCUT2D eigenvalue weighted by Gasteiger charge is -2.36. The molecule has 1 aliphatic rings. The molecule has 1 aromatic rings. The number of nitrogens with one attached hydrogen (secondary N) is 1. The van der Waals surface area contributed by atoms with Gasteiger partial charge >= 0.3 is 18.1 Å². The van der Waals surface area contributed by atoms with E-state index < -0.39 is 0 Å². The number of ether oxygens (including phenoxy) is 14. The first kappa shape index (κ1) is 62.7. The predicted octanol–water partition coefficient (Wildman–Crippen LogP) is -0.235. The maximum atomic E-state index is 12.2. The van der Waals surface area contributed by atoms with Crippen LogP contribution in [0, 0.1) is 0 Å². The molecule has 0 spiro atoms. The number of amides is 6. The molecule has 2 heterocycles. The second-order valence-corrected chi connectivity index (χ2v) is 12.7. The number of hydrogen-bond donors (Lipinski definition) is 1. The Labute approximate surface area is 383 Å². The first-order valence-electron chi connectivity index (χ1n) is 19.3. The molecule has 1 aliphatic heterocycles. The van der Waals surface area contributed by atoms with E-state index in [0.717, 1.165) is 0 Å². The van der Waals surface area contributed by atoms with Crippen LogP contribution in [0.1, 0.15) is 0 Å². The Morgan fingerprint density at radius 3 is 1.00 bits per heavy atom. The smallest absolute Gasteiger partial charge is 0.327 e. The monoisotopic (exact) mass is 949 g/mol. The largest absolute Gasteiger partial charge is 0.388 e. The third kappa shape index (κ3) is 25.8. The van der Waals surface area contributed by atoms with Gasteiger partial charge in [-0.05, 0) is 0 Å². The summed E-state index contributed by atoms with van der Waals surface area (Å²) in [5.74, 6) is 1.11. The molecule has 1 fully saturated rings. The molecule has 2 rings (SSSR count). The van der Waals surface area contributed by atoms with Gasteiger partial charge in [0.2, 0.25) is 17.8 Å². The van der Waals surface area contributed by atoms with Crippen LogP contribution in [-0.2, 0) is 66.3 Å². The summed E-state index contributed by atoms with van der Waals surface area (Å²) in [5.41, 5.74) is 0. The highest BCUT2D eigenvalue weighted by molar-refractivity contribution is 5.79. The Balaban J connectivity index is 0. The average molecular weight is 949 g/mol. The summed E-state index contributed by atoms with van der Waals surface area (Å²) in [7, 11) is 23.2. The van der Waals surface area contributed by atoms with Crippen LogP contribution in [0.3, 0.4) is 0 Å². The van der Waals surface area contributed by atoms with E-state index in [1.807, 2.05) is 0 Å². The molecule has 1 aromatic heterocycles. The van der Waals surface area contributed by atoms with Crippen molar-refractivity contribution in [1.29, 1.82) is 0 Å². The van der Waals surface area contributed by atoms with Crippen LogP contribution < -0.4 is 20.0 Å². The Hall–Kier alpha value is -4.34. The second kappa shape index (κ2) is 41.1. The molecular formula is C36H76N12O17. The minimum Gasteiger partial charge on any atom is -0.388 e. The Bertz CT molecular complexity index is 1200. The number of nitrogens with zero attached hydrogens (tertiary/aromatic N) is 11. The SMILES string of the molecule is COC.COCN(COC)C(=O)N(COC)COC.COCN(COC)c1nc(N(COC)COC)nc(N(COC)COC)n1.COCN1CN(COC)C(=O)N(COC)CNC1=O. The molecular weight excluding hydrogens is 872 g/mol. The van der Waals surface area contributed by atoms with Crippen molar-refractivity contribution < 1.29 is 80.7 Å². The summed E-state index contributed by atoms with van der Waals surface area (Å²) in [6.45, 7) is 2.40. The van der Waals surface area contributed by atoms with Crippen LogP contribution in [0.15, 0.2) is 0 Å². The highest BCUT2D eigenvalue weighted by Gasteiger charge is 2.29. The van der Waals surface area contributed by atoms with E-state index in [2.05, 4.69) is 25.0 Å². The van der Waals surface area contributed by atoms with Gasteiger partial charge in [-0.15, -0.1) is 0 Å². The molecule has 65 heavy (non-hydrogen) atoms. The summed E-state index contributed by atoms with van der Waals surface area (Å²) in [6.07, 6.45) is 0. The minimum atomic E-state index is -0.323. The summed E-state index contributed by atoms with van der Waals surface area (Å²) in [5, 5.41) is 2.61. The van der Waals surface area contributed by atoms with E-state index in [4.69, 9.17) is 61.6 Å². The van der Waals surface area contributed by atoms with Crippen LogP contribution in [0.2, 0.25) is 0 Å². The van der Waals surface area contributed by atoms with Crippen LogP contribution in [0.5, 0.6) is 0 Å². The van der Waals surface area contributed by atoms with Gasteiger partial charge in [0.25, 0.3) is 0 Å². The average Bonchev–Trinajstić information content (AvgIpc) is 3.29. The maximum absolute atomic E-state index is 12.2. The van der Waals surface area contributed by atoms with Crippen molar-refractivity contribution in [1.82, 2.24) is 44.8 Å². The molecule has 0 saturated carbocycles. The molecule has 29 nitrogen and oxygen atoms in total. The first-order chi connectivity index (χ1) is 31.4. The lowest BCUT2D eigenvalue weighted by molar-refractivity contribution is -0.0338. The molecule has 0 unspecified atom stereocenters. The van der Waals surface area contributed by atoms with Gasteiger partial charge in [-0.2, -0.15) is 15.0 Å². The van der Waals surface area contributed by atoms with Gasteiger partial charge in [-0.25, -0.2) is 14.4 Å². The predicted molar refractivity (Wildman–Crippen MR) is 233 cm³/mol. The molecule has 1 N–H and O–H groups in total. The third-order valence-electron chi connectivity index (χ3n) is 7.28. The minimum absolute atomic E-state index is 0.0614. The fourth-order valence-corrected chi connectivity index (χ4v) is 4.92. The molecule has 0 bridgehead atoms. The van der Waals surface area contributed by atoms with Gasteiger partial charge in [0.15, 0.2) is 0 Å². The summed E-state index contributed by atoms with van der Waals surface area (Å²) < 4.78 is 70.0. The zero-order chi connectivity index (χ0) is 49.4. The number of methoxy groups -OCH3 is 14. The van der Waals surface area contributed by atoms with Crippen LogP contribution >= 0.6 is 0 Å². The van der Waals surface area contributed by atoms with Gasteiger partial charge in [-0.3, -0.25) is 39.2 Å². The van der Waals surface area contributed by atoms with E-state index in [-0.39, 0.29) is 119 Å². The van der Waals surface area contributed by atoms with Gasteiger partial charge < -0.3 is 71.6 Å². The maximum Gasteiger partial charge on any atom is 0.327 e. The zero-order valence-corrected chi connectivity index (χ0v) is 41.0. The second-order valence-electron chi connectivity index (χ2n) is 12.7. The van der Waals surface area contributed by atoms with Crippen molar-refractivity contribution >= 4 is 35.9 Å². The fourth-order valence-electron chi connectivity index (χ4n) is 4.92. The van der Waals surface area contributed by atoms with Crippen molar-refractivity contribution in [3.63, 3.8) is 0 Å². The van der Waals surface area contributed by atoms with Crippen molar-refractivity contribution in [2.75, 3.05) is 222 Å². The zero-order valence-electron chi connectivity index (χ0n) is 41.0. The lowest BCUT2D eigenvalue weighted by atomic mass is 10.5. The van der Waals surface area contributed by atoms with Gasteiger partial charge in [0.05, 0.1) is 6.67 Å². The number of carbonyl (C=O) groups excluding carboxylic acids is 3. The Morgan fingerprint density at radius 2 is 0.723 bits per heavy atom. The van der Waals surface area contributed by atoms with Crippen molar-refractivity contribution in [3.8, 4) is 0 Å². The van der Waals surface area contributed by atoms with Gasteiger partial charge in [0, 0.05) is 107 Å². The molecule has 29 heteroatoms. The number of urea groups is 3. The van der Waals surface area contributed by atoms with Crippen LogP contribution in [0.4, 0.5) is 32.2 Å². The standard InChI is InChI=1S/C15H30N6O6.C10H20N4O5.C9H20N2O5.C2H6O/c1-22-7-19(8-23-2)13-16-14(20(9-24-3)10-25-4)18-15(17-13)21(11-26-5)12-27-6;1-17-6-12-4-11-9(15)13(7-18-2)5-14(8-19-3)10(12)16;1-13-5-10(6-14-2)9(12)11(7-15-3)8-16-4;1-3-2/h7-12H2,1-6H3;4-8H2,1-3H3,(H,11,15);5-8H2,1-4H3;1-2H3. The van der Waals surface area contributed by atoms with E-state index in [1.165, 1.54) is 74.3 Å². The Kier molecular flexibility index (Phi) is 39.7. The normalized spacial score (nSPS) is 12.4. The lowest BCUT2D eigenvalue weighted by Crippen LogP contribution is -2.58. The fraction of sp³-hybridized carbons (Fsp3) is 0.833. The molecule has 6 amide bonds. The molecule has 382 valence electrons. The first-order valence-corrected chi connectivity index (χ1v) is 19.3. The van der Waals surface area contributed by atoms with Crippen molar-refractivity contribution in [3.05, 3.63) is 0 Å². The van der Waals surface area contributed by atoms with E-state index in [0.29, 0.717) is 17.8 Å². The molecule has 0 radical (unpaired) electrons. The highest BCUT2D eigenvalue weighted by Crippen LogP contribution is 2.20. The molecule has 0 aromatic carbocycles. The van der Waals surface area contributed by atoms with Crippen LogP contribution in [0.25, 0.3) is 0 Å².